The lowest BCUT2D eigenvalue weighted by Gasteiger charge is -2.09. The largest absolute Gasteiger partial charge is 0.497 e. The fraction of sp³-hybridized carbons (Fsp3) is 0.174. The van der Waals surface area contributed by atoms with Gasteiger partial charge in [-0.05, 0) is 47.9 Å². The van der Waals surface area contributed by atoms with E-state index < -0.39 is 0 Å². The molecule has 132 valence electrons. The molecule has 0 aliphatic carbocycles. The SMILES string of the molecule is COc1ccc(C(C)N=Cc2cccc(OCc3ccccc3)c2)cc1. The van der Waals surface area contributed by atoms with E-state index in [1.54, 1.807) is 7.11 Å². The molecule has 3 rings (SSSR count). The van der Waals surface area contributed by atoms with Gasteiger partial charge in [0.2, 0.25) is 0 Å². The van der Waals surface area contributed by atoms with Crippen LogP contribution in [0.25, 0.3) is 0 Å². The molecule has 0 radical (unpaired) electrons. The van der Waals surface area contributed by atoms with Gasteiger partial charge in [-0.1, -0.05) is 54.6 Å². The van der Waals surface area contributed by atoms with E-state index in [9.17, 15) is 0 Å². The third-order valence-corrected chi connectivity index (χ3v) is 4.15. The van der Waals surface area contributed by atoms with Crippen LogP contribution in [-0.2, 0) is 6.61 Å². The molecular formula is C23H23NO2. The highest BCUT2D eigenvalue weighted by molar-refractivity contribution is 5.80. The fourth-order valence-electron chi connectivity index (χ4n) is 2.59. The van der Waals surface area contributed by atoms with Crippen LogP contribution in [0.3, 0.4) is 0 Å². The van der Waals surface area contributed by atoms with E-state index >= 15 is 0 Å². The maximum absolute atomic E-state index is 5.87. The average Bonchev–Trinajstić information content (AvgIpc) is 2.71. The Morgan fingerprint density at radius 2 is 1.65 bits per heavy atom. The molecule has 0 saturated carbocycles. The van der Waals surface area contributed by atoms with E-state index in [1.807, 2.05) is 72.9 Å². The molecular weight excluding hydrogens is 322 g/mol. The molecule has 1 atom stereocenters. The van der Waals surface area contributed by atoms with Crippen LogP contribution in [0.1, 0.15) is 29.7 Å². The van der Waals surface area contributed by atoms with E-state index in [4.69, 9.17) is 9.47 Å². The summed E-state index contributed by atoms with van der Waals surface area (Å²) < 4.78 is 11.1. The monoisotopic (exact) mass is 345 g/mol. The van der Waals surface area contributed by atoms with Crippen LogP contribution in [0.15, 0.2) is 83.9 Å². The van der Waals surface area contributed by atoms with E-state index in [2.05, 4.69) is 24.0 Å². The highest BCUT2D eigenvalue weighted by atomic mass is 16.5. The van der Waals surface area contributed by atoms with Crippen molar-refractivity contribution in [3.63, 3.8) is 0 Å². The Hall–Kier alpha value is -3.07. The summed E-state index contributed by atoms with van der Waals surface area (Å²) in [4.78, 5) is 4.66. The molecule has 0 aliphatic heterocycles. The van der Waals surface area contributed by atoms with Crippen LogP contribution in [-0.4, -0.2) is 13.3 Å². The van der Waals surface area contributed by atoms with Crippen molar-refractivity contribution >= 4 is 6.21 Å². The molecule has 0 spiro atoms. The number of aliphatic imine (C=N–C) groups is 1. The minimum atomic E-state index is 0.0785. The summed E-state index contributed by atoms with van der Waals surface area (Å²) in [5.74, 6) is 1.70. The molecule has 1 unspecified atom stereocenters. The van der Waals surface area contributed by atoms with Gasteiger partial charge in [0.25, 0.3) is 0 Å². The second-order valence-corrected chi connectivity index (χ2v) is 6.07. The zero-order chi connectivity index (χ0) is 18.2. The highest BCUT2D eigenvalue weighted by Gasteiger charge is 2.03. The minimum Gasteiger partial charge on any atom is -0.497 e. The van der Waals surface area contributed by atoms with Crippen molar-refractivity contribution in [2.45, 2.75) is 19.6 Å². The zero-order valence-electron chi connectivity index (χ0n) is 15.1. The second-order valence-electron chi connectivity index (χ2n) is 6.07. The summed E-state index contributed by atoms with van der Waals surface area (Å²) in [7, 11) is 1.67. The van der Waals surface area contributed by atoms with E-state index in [1.165, 1.54) is 0 Å². The molecule has 0 bridgehead atoms. The summed E-state index contributed by atoms with van der Waals surface area (Å²) in [5, 5.41) is 0. The molecule has 3 aromatic rings. The standard InChI is InChI=1S/C23H23NO2/c1-18(21-11-13-22(25-2)14-12-21)24-16-20-9-6-10-23(15-20)26-17-19-7-4-3-5-8-19/h3-16,18H,17H2,1-2H3. The first-order chi connectivity index (χ1) is 12.7. The normalized spacial score (nSPS) is 12.1. The number of rotatable bonds is 7. The van der Waals surface area contributed by atoms with Crippen LogP contribution in [0.5, 0.6) is 11.5 Å². The molecule has 0 heterocycles. The Bertz CT molecular complexity index is 842. The van der Waals surface area contributed by atoms with Crippen molar-refractivity contribution in [1.82, 2.24) is 0 Å². The average molecular weight is 345 g/mol. The number of methoxy groups -OCH3 is 1. The van der Waals surface area contributed by atoms with Crippen LogP contribution < -0.4 is 9.47 Å². The fourth-order valence-corrected chi connectivity index (χ4v) is 2.59. The Morgan fingerprint density at radius 1 is 0.885 bits per heavy atom. The number of hydrogen-bond donors (Lipinski definition) is 0. The van der Waals surface area contributed by atoms with Gasteiger partial charge in [0.15, 0.2) is 0 Å². The number of benzene rings is 3. The van der Waals surface area contributed by atoms with Gasteiger partial charge in [-0.3, -0.25) is 4.99 Å². The van der Waals surface area contributed by atoms with Gasteiger partial charge in [0.1, 0.15) is 18.1 Å². The summed E-state index contributed by atoms with van der Waals surface area (Å²) in [5.41, 5.74) is 3.33. The molecule has 0 amide bonds. The van der Waals surface area contributed by atoms with E-state index in [-0.39, 0.29) is 6.04 Å². The van der Waals surface area contributed by atoms with Gasteiger partial charge in [-0.15, -0.1) is 0 Å². The van der Waals surface area contributed by atoms with Crippen LogP contribution in [0.2, 0.25) is 0 Å². The maximum Gasteiger partial charge on any atom is 0.120 e. The number of nitrogens with zero attached hydrogens (tertiary/aromatic N) is 1. The summed E-state index contributed by atoms with van der Waals surface area (Å²) in [6, 6.07) is 26.2. The highest BCUT2D eigenvalue weighted by Crippen LogP contribution is 2.20. The quantitative estimate of drug-likeness (QED) is 0.533. The first-order valence-corrected chi connectivity index (χ1v) is 8.68. The lowest BCUT2D eigenvalue weighted by Crippen LogP contribution is -1.96. The van der Waals surface area contributed by atoms with Crippen LogP contribution >= 0.6 is 0 Å². The molecule has 3 nitrogen and oxygen atoms in total. The number of hydrogen-bond acceptors (Lipinski definition) is 3. The van der Waals surface area contributed by atoms with Crippen LogP contribution in [0.4, 0.5) is 0 Å². The summed E-state index contributed by atoms with van der Waals surface area (Å²) in [6.07, 6.45) is 1.89. The Morgan fingerprint density at radius 3 is 2.38 bits per heavy atom. The predicted molar refractivity (Wildman–Crippen MR) is 106 cm³/mol. The molecule has 3 aromatic carbocycles. The van der Waals surface area contributed by atoms with Gasteiger partial charge in [-0.25, -0.2) is 0 Å². The molecule has 0 N–H and O–H groups in total. The Labute approximate surface area is 154 Å². The first-order valence-electron chi connectivity index (χ1n) is 8.68. The van der Waals surface area contributed by atoms with Gasteiger partial charge >= 0.3 is 0 Å². The van der Waals surface area contributed by atoms with Crippen molar-refractivity contribution < 1.29 is 9.47 Å². The van der Waals surface area contributed by atoms with Gasteiger partial charge in [-0.2, -0.15) is 0 Å². The first kappa shape index (κ1) is 17.7. The van der Waals surface area contributed by atoms with E-state index in [0.29, 0.717) is 6.61 Å². The molecule has 3 heteroatoms. The predicted octanol–water partition coefficient (Wildman–Crippen LogP) is 5.45. The van der Waals surface area contributed by atoms with Gasteiger partial charge in [0.05, 0.1) is 13.2 Å². The molecule has 0 fully saturated rings. The third-order valence-electron chi connectivity index (χ3n) is 4.15. The number of ether oxygens (including phenoxy) is 2. The second kappa shape index (κ2) is 8.86. The Kier molecular flexibility index (Phi) is 6.05. The van der Waals surface area contributed by atoms with Crippen molar-refractivity contribution in [2.75, 3.05) is 7.11 Å². The lowest BCUT2D eigenvalue weighted by molar-refractivity contribution is 0.306. The Balaban J connectivity index is 1.62. The zero-order valence-corrected chi connectivity index (χ0v) is 15.1. The van der Waals surface area contributed by atoms with Crippen molar-refractivity contribution in [1.29, 1.82) is 0 Å². The minimum absolute atomic E-state index is 0.0785. The van der Waals surface area contributed by atoms with Gasteiger partial charge in [0, 0.05) is 6.21 Å². The maximum atomic E-state index is 5.87. The van der Waals surface area contributed by atoms with Gasteiger partial charge < -0.3 is 9.47 Å². The van der Waals surface area contributed by atoms with Crippen molar-refractivity contribution in [3.05, 3.63) is 95.6 Å². The summed E-state index contributed by atoms with van der Waals surface area (Å²) in [6.45, 7) is 2.64. The van der Waals surface area contributed by atoms with Crippen molar-refractivity contribution in [2.24, 2.45) is 4.99 Å². The molecule has 0 aliphatic rings. The molecule has 26 heavy (non-hydrogen) atoms. The van der Waals surface area contributed by atoms with Crippen molar-refractivity contribution in [3.8, 4) is 11.5 Å². The third kappa shape index (κ3) is 4.96. The lowest BCUT2D eigenvalue weighted by atomic mass is 10.1. The van der Waals surface area contributed by atoms with Crippen LogP contribution in [0, 0.1) is 0 Å². The smallest absolute Gasteiger partial charge is 0.120 e. The summed E-state index contributed by atoms with van der Waals surface area (Å²) >= 11 is 0. The molecule has 0 aromatic heterocycles. The molecule has 0 saturated heterocycles. The topological polar surface area (TPSA) is 30.8 Å². The van der Waals surface area contributed by atoms with E-state index in [0.717, 1.165) is 28.2 Å².